The lowest BCUT2D eigenvalue weighted by molar-refractivity contribution is 0.543. The van der Waals surface area contributed by atoms with Gasteiger partial charge < -0.3 is 0 Å². The first-order valence-electron chi connectivity index (χ1n) is 5.38. The summed E-state index contributed by atoms with van der Waals surface area (Å²) in [6.45, 7) is 0. The van der Waals surface area contributed by atoms with Crippen molar-refractivity contribution < 1.29 is 13.2 Å². The first-order chi connectivity index (χ1) is 9.01. The SMILES string of the molecule is NNC(c1cc(F)cc(F)c1)c1cc(Br)ccc1F. The summed E-state index contributed by atoms with van der Waals surface area (Å²) in [5.41, 5.74) is 2.76. The number of hydrogen-bond donors (Lipinski definition) is 2. The van der Waals surface area contributed by atoms with Crippen molar-refractivity contribution in [3.63, 3.8) is 0 Å². The van der Waals surface area contributed by atoms with Gasteiger partial charge in [-0.25, -0.2) is 18.6 Å². The maximum Gasteiger partial charge on any atom is 0.128 e. The monoisotopic (exact) mass is 330 g/mol. The van der Waals surface area contributed by atoms with Crippen molar-refractivity contribution in [2.45, 2.75) is 6.04 Å². The van der Waals surface area contributed by atoms with Crippen molar-refractivity contribution >= 4 is 15.9 Å². The molecule has 0 bridgehead atoms. The van der Waals surface area contributed by atoms with Crippen LogP contribution in [0.4, 0.5) is 13.2 Å². The van der Waals surface area contributed by atoms with Crippen molar-refractivity contribution in [3.8, 4) is 0 Å². The minimum Gasteiger partial charge on any atom is -0.271 e. The fraction of sp³-hybridized carbons (Fsp3) is 0.0769. The van der Waals surface area contributed by atoms with Crippen molar-refractivity contribution in [1.82, 2.24) is 5.43 Å². The van der Waals surface area contributed by atoms with Gasteiger partial charge in [-0.2, -0.15) is 0 Å². The van der Waals surface area contributed by atoms with E-state index in [1.807, 2.05) is 0 Å². The Balaban J connectivity index is 2.52. The van der Waals surface area contributed by atoms with Gasteiger partial charge in [0.05, 0.1) is 6.04 Å². The highest BCUT2D eigenvalue weighted by atomic mass is 79.9. The van der Waals surface area contributed by atoms with Gasteiger partial charge in [0.2, 0.25) is 0 Å². The van der Waals surface area contributed by atoms with Crippen LogP contribution in [0.15, 0.2) is 40.9 Å². The van der Waals surface area contributed by atoms with Crippen LogP contribution >= 0.6 is 15.9 Å². The average molecular weight is 331 g/mol. The molecular weight excluding hydrogens is 321 g/mol. The molecule has 19 heavy (non-hydrogen) atoms. The Morgan fingerprint density at radius 2 is 1.63 bits per heavy atom. The van der Waals surface area contributed by atoms with Gasteiger partial charge in [0.1, 0.15) is 17.5 Å². The summed E-state index contributed by atoms with van der Waals surface area (Å²) in [6.07, 6.45) is 0. The number of nitrogens with two attached hydrogens (primary N) is 1. The largest absolute Gasteiger partial charge is 0.271 e. The van der Waals surface area contributed by atoms with Gasteiger partial charge in [-0.15, -0.1) is 0 Å². The molecule has 100 valence electrons. The molecule has 0 saturated carbocycles. The van der Waals surface area contributed by atoms with Gasteiger partial charge in [0, 0.05) is 16.1 Å². The smallest absolute Gasteiger partial charge is 0.128 e. The molecule has 0 aromatic heterocycles. The molecular formula is C13H10BrF3N2. The van der Waals surface area contributed by atoms with Gasteiger partial charge in [-0.05, 0) is 35.9 Å². The molecule has 3 N–H and O–H groups in total. The van der Waals surface area contributed by atoms with Crippen LogP contribution in [0.3, 0.4) is 0 Å². The van der Waals surface area contributed by atoms with Gasteiger partial charge in [-0.1, -0.05) is 15.9 Å². The topological polar surface area (TPSA) is 38.0 Å². The third-order valence-electron chi connectivity index (χ3n) is 2.65. The molecule has 6 heteroatoms. The van der Waals surface area contributed by atoms with Gasteiger partial charge in [-0.3, -0.25) is 5.84 Å². The van der Waals surface area contributed by atoms with E-state index in [1.54, 1.807) is 0 Å². The molecule has 2 aromatic carbocycles. The van der Waals surface area contributed by atoms with E-state index in [0.717, 1.165) is 18.2 Å². The third-order valence-corrected chi connectivity index (χ3v) is 3.15. The van der Waals surface area contributed by atoms with E-state index in [-0.39, 0.29) is 11.1 Å². The highest BCUT2D eigenvalue weighted by Crippen LogP contribution is 2.27. The lowest BCUT2D eigenvalue weighted by Crippen LogP contribution is -2.29. The molecule has 1 atom stereocenters. The zero-order valence-corrected chi connectivity index (χ0v) is 11.2. The number of hydrogen-bond acceptors (Lipinski definition) is 2. The van der Waals surface area contributed by atoms with Crippen LogP contribution in [0.5, 0.6) is 0 Å². The molecule has 0 saturated heterocycles. The summed E-state index contributed by atoms with van der Waals surface area (Å²) >= 11 is 3.21. The lowest BCUT2D eigenvalue weighted by Gasteiger charge is -2.18. The van der Waals surface area contributed by atoms with E-state index in [4.69, 9.17) is 5.84 Å². The van der Waals surface area contributed by atoms with E-state index in [9.17, 15) is 13.2 Å². The molecule has 0 aliphatic carbocycles. The van der Waals surface area contributed by atoms with Crippen LogP contribution < -0.4 is 11.3 Å². The third kappa shape index (κ3) is 3.15. The van der Waals surface area contributed by atoms with E-state index in [1.165, 1.54) is 18.2 Å². The molecule has 0 radical (unpaired) electrons. The van der Waals surface area contributed by atoms with Crippen LogP contribution in [-0.2, 0) is 0 Å². The maximum atomic E-state index is 13.8. The van der Waals surface area contributed by atoms with Crippen molar-refractivity contribution in [1.29, 1.82) is 0 Å². The fourth-order valence-corrected chi connectivity index (χ4v) is 2.22. The second-order valence-corrected chi connectivity index (χ2v) is 4.88. The molecule has 0 aliphatic heterocycles. The molecule has 2 aromatic rings. The molecule has 0 amide bonds. The van der Waals surface area contributed by atoms with Crippen molar-refractivity contribution in [2.24, 2.45) is 5.84 Å². The first kappa shape index (κ1) is 14.0. The molecule has 0 heterocycles. The lowest BCUT2D eigenvalue weighted by atomic mass is 9.98. The number of halogens is 4. The Kier molecular flexibility index (Phi) is 4.24. The first-order valence-corrected chi connectivity index (χ1v) is 6.17. The van der Waals surface area contributed by atoms with E-state index in [2.05, 4.69) is 21.4 Å². The van der Waals surface area contributed by atoms with Crippen molar-refractivity contribution in [2.75, 3.05) is 0 Å². The zero-order chi connectivity index (χ0) is 14.0. The highest BCUT2D eigenvalue weighted by molar-refractivity contribution is 9.10. The predicted octanol–water partition coefficient (Wildman–Crippen LogP) is 3.42. The molecule has 0 fully saturated rings. The number of benzene rings is 2. The minimum atomic E-state index is -0.845. The van der Waals surface area contributed by atoms with Crippen LogP contribution in [0, 0.1) is 17.5 Å². The van der Waals surface area contributed by atoms with E-state index >= 15 is 0 Å². The zero-order valence-electron chi connectivity index (χ0n) is 9.63. The fourth-order valence-electron chi connectivity index (χ4n) is 1.84. The summed E-state index contributed by atoms with van der Waals surface area (Å²) in [5.74, 6) is 3.37. The van der Waals surface area contributed by atoms with Crippen LogP contribution in [0.1, 0.15) is 17.2 Å². The standard InChI is InChI=1S/C13H10BrF3N2/c14-8-1-2-12(17)11(5-8)13(19-18)7-3-9(15)6-10(16)4-7/h1-6,13,19H,18H2. The summed E-state index contributed by atoms with van der Waals surface area (Å²) < 4.78 is 40.8. The Labute approximate surface area is 116 Å². The molecule has 0 spiro atoms. The Bertz CT molecular complexity index is 584. The summed E-state index contributed by atoms with van der Waals surface area (Å²) in [5, 5.41) is 0. The van der Waals surface area contributed by atoms with E-state index < -0.39 is 23.5 Å². The van der Waals surface area contributed by atoms with Gasteiger partial charge >= 0.3 is 0 Å². The van der Waals surface area contributed by atoms with Crippen LogP contribution in [0.25, 0.3) is 0 Å². The molecule has 2 rings (SSSR count). The summed E-state index contributed by atoms with van der Waals surface area (Å²) in [4.78, 5) is 0. The average Bonchev–Trinajstić information content (AvgIpc) is 2.33. The molecule has 2 nitrogen and oxygen atoms in total. The predicted molar refractivity (Wildman–Crippen MR) is 69.6 cm³/mol. The molecule has 1 unspecified atom stereocenters. The van der Waals surface area contributed by atoms with Crippen LogP contribution in [0.2, 0.25) is 0 Å². The maximum absolute atomic E-state index is 13.8. The Hall–Kier alpha value is -1.37. The Morgan fingerprint density at radius 1 is 1.00 bits per heavy atom. The van der Waals surface area contributed by atoms with Gasteiger partial charge in [0.15, 0.2) is 0 Å². The highest BCUT2D eigenvalue weighted by Gasteiger charge is 2.18. The number of hydrazine groups is 1. The van der Waals surface area contributed by atoms with Crippen LogP contribution in [-0.4, -0.2) is 0 Å². The minimum absolute atomic E-state index is 0.196. The quantitative estimate of drug-likeness (QED) is 0.668. The van der Waals surface area contributed by atoms with Gasteiger partial charge in [0.25, 0.3) is 0 Å². The number of rotatable bonds is 3. The second-order valence-electron chi connectivity index (χ2n) is 3.97. The Morgan fingerprint density at radius 3 is 2.21 bits per heavy atom. The summed E-state index contributed by atoms with van der Waals surface area (Å²) in [6, 6.07) is 6.39. The second kappa shape index (κ2) is 5.73. The number of nitrogens with one attached hydrogen (secondary N) is 1. The van der Waals surface area contributed by atoms with Crippen molar-refractivity contribution in [3.05, 3.63) is 69.4 Å². The van der Waals surface area contributed by atoms with E-state index in [0.29, 0.717) is 4.47 Å². The summed E-state index contributed by atoms with van der Waals surface area (Å²) in [7, 11) is 0. The normalized spacial score (nSPS) is 12.5. The molecule has 0 aliphatic rings.